The molecule has 1 aromatic heterocycles. The predicted molar refractivity (Wildman–Crippen MR) is 93.4 cm³/mol. The highest BCUT2D eigenvalue weighted by Gasteiger charge is 2.08. The van der Waals surface area contributed by atoms with Crippen molar-refractivity contribution in [2.45, 2.75) is 12.8 Å². The molecule has 0 atom stereocenters. The average molecular weight is 348 g/mol. The smallest absolute Gasteiger partial charge is 0.338 e. The highest BCUT2D eigenvalue weighted by Crippen LogP contribution is 2.23. The standard InChI is InChI=1S/C18H15Cl2NO2/c19-14-5-1-3-12(9-14)18(22)23-8-2-4-13-11-21-17-7-6-15(20)10-16(13)17/h1,3,5-7,9-11,21H,2,4,8H2. The predicted octanol–water partition coefficient (Wildman–Crippen LogP) is 5.26. The summed E-state index contributed by atoms with van der Waals surface area (Å²) in [6, 6.07) is 12.5. The quantitative estimate of drug-likeness (QED) is 0.504. The Morgan fingerprint density at radius 1 is 1.09 bits per heavy atom. The highest BCUT2D eigenvalue weighted by atomic mass is 35.5. The van der Waals surface area contributed by atoms with Crippen LogP contribution in [0, 0.1) is 0 Å². The van der Waals surface area contributed by atoms with Crippen molar-refractivity contribution in [1.82, 2.24) is 4.98 Å². The van der Waals surface area contributed by atoms with E-state index in [9.17, 15) is 4.79 Å². The third-order valence-corrected chi connectivity index (χ3v) is 4.08. The maximum absolute atomic E-state index is 11.9. The molecule has 118 valence electrons. The third-order valence-electron chi connectivity index (χ3n) is 3.61. The van der Waals surface area contributed by atoms with Crippen molar-refractivity contribution >= 4 is 40.1 Å². The summed E-state index contributed by atoms with van der Waals surface area (Å²) in [4.78, 5) is 15.1. The molecule has 1 N–H and O–H groups in total. The Kier molecular flexibility index (Phi) is 4.89. The largest absolute Gasteiger partial charge is 0.462 e. The number of rotatable bonds is 5. The lowest BCUT2D eigenvalue weighted by atomic mass is 10.1. The first kappa shape index (κ1) is 15.9. The van der Waals surface area contributed by atoms with Gasteiger partial charge in [0.1, 0.15) is 0 Å². The van der Waals surface area contributed by atoms with Crippen LogP contribution in [0.3, 0.4) is 0 Å². The zero-order valence-electron chi connectivity index (χ0n) is 12.3. The van der Waals surface area contributed by atoms with Gasteiger partial charge in [0.05, 0.1) is 12.2 Å². The summed E-state index contributed by atoms with van der Waals surface area (Å²) in [5.74, 6) is -0.352. The first-order chi connectivity index (χ1) is 11.1. The van der Waals surface area contributed by atoms with Crippen LogP contribution < -0.4 is 0 Å². The van der Waals surface area contributed by atoms with Gasteiger partial charge >= 0.3 is 5.97 Å². The van der Waals surface area contributed by atoms with Crippen molar-refractivity contribution < 1.29 is 9.53 Å². The summed E-state index contributed by atoms with van der Waals surface area (Å²) >= 11 is 11.9. The second-order valence-corrected chi connectivity index (χ2v) is 6.13. The van der Waals surface area contributed by atoms with Gasteiger partial charge in [0, 0.05) is 27.1 Å². The number of aryl methyl sites for hydroxylation is 1. The summed E-state index contributed by atoms with van der Waals surface area (Å²) in [5.41, 5.74) is 2.69. The van der Waals surface area contributed by atoms with E-state index < -0.39 is 0 Å². The number of hydrogen-bond acceptors (Lipinski definition) is 2. The number of carbonyl (C=O) groups excluding carboxylic acids is 1. The van der Waals surface area contributed by atoms with Gasteiger partial charge in [-0.1, -0.05) is 29.3 Å². The van der Waals surface area contributed by atoms with Crippen molar-refractivity contribution in [3.05, 3.63) is 69.8 Å². The Bertz CT molecular complexity index is 842. The molecule has 3 rings (SSSR count). The fourth-order valence-corrected chi connectivity index (χ4v) is 2.85. The number of H-pyrrole nitrogens is 1. The van der Waals surface area contributed by atoms with Crippen LogP contribution in [0.5, 0.6) is 0 Å². The molecule has 0 spiro atoms. The molecule has 1 heterocycles. The molecule has 0 fully saturated rings. The number of esters is 1. The summed E-state index contributed by atoms with van der Waals surface area (Å²) in [6.07, 6.45) is 3.52. The van der Waals surface area contributed by atoms with Crippen LogP contribution in [-0.4, -0.2) is 17.6 Å². The second-order valence-electron chi connectivity index (χ2n) is 5.25. The Hall–Kier alpha value is -1.97. The number of hydrogen-bond donors (Lipinski definition) is 1. The zero-order valence-corrected chi connectivity index (χ0v) is 13.8. The van der Waals surface area contributed by atoms with Crippen molar-refractivity contribution in [3.63, 3.8) is 0 Å². The van der Waals surface area contributed by atoms with Crippen molar-refractivity contribution in [2.24, 2.45) is 0 Å². The lowest BCUT2D eigenvalue weighted by Crippen LogP contribution is -2.07. The lowest BCUT2D eigenvalue weighted by Gasteiger charge is -2.05. The van der Waals surface area contributed by atoms with Crippen molar-refractivity contribution in [1.29, 1.82) is 0 Å². The first-order valence-electron chi connectivity index (χ1n) is 7.32. The molecule has 0 saturated heterocycles. The van der Waals surface area contributed by atoms with Gasteiger partial charge in [-0.25, -0.2) is 4.79 Å². The van der Waals surface area contributed by atoms with Crippen LogP contribution >= 0.6 is 23.2 Å². The fraction of sp³-hybridized carbons (Fsp3) is 0.167. The molecule has 0 saturated carbocycles. The van der Waals surface area contributed by atoms with E-state index in [1.54, 1.807) is 24.3 Å². The Morgan fingerprint density at radius 3 is 2.74 bits per heavy atom. The number of benzene rings is 2. The minimum atomic E-state index is -0.352. The molecule has 0 radical (unpaired) electrons. The normalized spacial score (nSPS) is 10.9. The molecule has 2 aromatic carbocycles. The van der Waals surface area contributed by atoms with Gasteiger partial charge in [0.25, 0.3) is 0 Å². The van der Waals surface area contributed by atoms with E-state index in [1.165, 1.54) is 5.56 Å². The van der Waals surface area contributed by atoms with Gasteiger partial charge in [0.2, 0.25) is 0 Å². The molecule has 5 heteroatoms. The van der Waals surface area contributed by atoms with Crippen LogP contribution in [0.4, 0.5) is 0 Å². The number of ether oxygens (including phenoxy) is 1. The average Bonchev–Trinajstić information content (AvgIpc) is 2.93. The van der Waals surface area contributed by atoms with E-state index in [-0.39, 0.29) is 5.97 Å². The molecule has 0 aliphatic heterocycles. The first-order valence-corrected chi connectivity index (χ1v) is 8.07. The molecule has 0 aliphatic carbocycles. The van der Waals surface area contributed by atoms with E-state index in [2.05, 4.69) is 4.98 Å². The summed E-state index contributed by atoms with van der Waals surface area (Å²) in [7, 11) is 0. The van der Waals surface area contributed by atoms with E-state index in [0.717, 1.165) is 23.7 Å². The summed E-state index contributed by atoms with van der Waals surface area (Å²) in [6.45, 7) is 0.360. The van der Waals surface area contributed by atoms with Crippen molar-refractivity contribution in [2.75, 3.05) is 6.61 Å². The molecule has 0 unspecified atom stereocenters. The number of fused-ring (bicyclic) bond motifs is 1. The third kappa shape index (κ3) is 3.87. The van der Waals surface area contributed by atoms with Crippen LogP contribution in [0.25, 0.3) is 10.9 Å². The van der Waals surface area contributed by atoms with E-state index in [4.69, 9.17) is 27.9 Å². The molecule has 0 aliphatic rings. The fourth-order valence-electron chi connectivity index (χ4n) is 2.48. The van der Waals surface area contributed by atoms with Crippen LogP contribution in [0.1, 0.15) is 22.3 Å². The zero-order chi connectivity index (χ0) is 16.2. The molecule has 3 aromatic rings. The van der Waals surface area contributed by atoms with Gasteiger partial charge < -0.3 is 9.72 Å². The van der Waals surface area contributed by atoms with Gasteiger partial charge in [-0.2, -0.15) is 0 Å². The maximum atomic E-state index is 11.9. The van der Waals surface area contributed by atoms with Gasteiger partial charge in [-0.15, -0.1) is 0 Å². The Morgan fingerprint density at radius 2 is 1.91 bits per heavy atom. The van der Waals surface area contributed by atoms with Crippen molar-refractivity contribution in [3.8, 4) is 0 Å². The minimum absolute atomic E-state index is 0.352. The number of carbonyl (C=O) groups is 1. The number of aromatic amines is 1. The van der Waals surface area contributed by atoms with Gasteiger partial charge in [-0.3, -0.25) is 0 Å². The van der Waals surface area contributed by atoms with Crippen LogP contribution in [0.15, 0.2) is 48.7 Å². The van der Waals surface area contributed by atoms with E-state index in [0.29, 0.717) is 22.2 Å². The highest BCUT2D eigenvalue weighted by molar-refractivity contribution is 6.31. The number of aromatic nitrogens is 1. The maximum Gasteiger partial charge on any atom is 0.338 e. The second kappa shape index (κ2) is 7.07. The van der Waals surface area contributed by atoms with Crippen LogP contribution in [0.2, 0.25) is 10.0 Å². The molecular formula is C18H15Cl2NO2. The number of nitrogens with one attached hydrogen (secondary N) is 1. The molecular weight excluding hydrogens is 333 g/mol. The Balaban J connectivity index is 1.55. The summed E-state index contributed by atoms with van der Waals surface area (Å²) < 4.78 is 5.28. The Labute approximate surface area is 144 Å². The topological polar surface area (TPSA) is 42.1 Å². The lowest BCUT2D eigenvalue weighted by molar-refractivity contribution is 0.0500. The molecule has 23 heavy (non-hydrogen) atoms. The monoisotopic (exact) mass is 347 g/mol. The molecule has 0 bridgehead atoms. The molecule has 3 nitrogen and oxygen atoms in total. The van der Waals surface area contributed by atoms with E-state index in [1.807, 2.05) is 24.4 Å². The SMILES string of the molecule is O=C(OCCCc1c[nH]c2ccc(Cl)cc12)c1cccc(Cl)c1. The van der Waals surface area contributed by atoms with Crippen LogP contribution in [-0.2, 0) is 11.2 Å². The molecule has 0 amide bonds. The summed E-state index contributed by atoms with van der Waals surface area (Å²) in [5, 5.41) is 2.35. The van der Waals surface area contributed by atoms with Gasteiger partial charge in [-0.05, 0) is 54.8 Å². The minimum Gasteiger partial charge on any atom is -0.462 e. The van der Waals surface area contributed by atoms with Gasteiger partial charge in [0.15, 0.2) is 0 Å². The number of halogens is 2. The van der Waals surface area contributed by atoms with E-state index >= 15 is 0 Å².